The third kappa shape index (κ3) is 3.13. The van der Waals surface area contributed by atoms with Crippen LogP contribution in [0.3, 0.4) is 0 Å². The van der Waals surface area contributed by atoms with E-state index in [0.29, 0.717) is 5.56 Å². The minimum absolute atomic E-state index is 0.121. The van der Waals surface area contributed by atoms with Gasteiger partial charge in [-0.15, -0.1) is 0 Å². The zero-order valence-electron chi connectivity index (χ0n) is 10.1. The predicted molar refractivity (Wildman–Crippen MR) is 67.7 cm³/mol. The maximum Gasteiger partial charge on any atom is 0.251 e. The molecule has 1 atom stereocenters. The van der Waals surface area contributed by atoms with Crippen LogP contribution >= 0.6 is 0 Å². The molecule has 1 aromatic rings. The monoisotopic (exact) mass is 250 g/mol. The van der Waals surface area contributed by atoms with E-state index < -0.39 is 0 Å². The Bertz CT molecular complexity index is 426. The molecule has 1 amide bonds. The molecule has 0 saturated carbocycles. The highest BCUT2D eigenvalue weighted by Gasteiger charge is 2.16. The van der Waals surface area contributed by atoms with Crippen LogP contribution in [0, 0.1) is 0 Å². The molecule has 1 saturated heterocycles. The fourth-order valence-electron chi connectivity index (χ4n) is 2.08. The topological polar surface area (TPSA) is 81.6 Å². The second-order valence-corrected chi connectivity index (χ2v) is 4.57. The summed E-state index contributed by atoms with van der Waals surface area (Å²) >= 11 is 0. The van der Waals surface area contributed by atoms with E-state index in [0.717, 1.165) is 32.4 Å². The van der Waals surface area contributed by atoms with Gasteiger partial charge >= 0.3 is 0 Å². The van der Waals surface area contributed by atoms with Crippen molar-refractivity contribution in [1.82, 2.24) is 10.6 Å². The molecule has 0 bridgehead atoms. The Morgan fingerprint density at radius 3 is 2.89 bits per heavy atom. The van der Waals surface area contributed by atoms with Crippen LogP contribution in [0.15, 0.2) is 18.2 Å². The summed E-state index contributed by atoms with van der Waals surface area (Å²) in [6.07, 6.45) is 3.19. The molecule has 1 fully saturated rings. The first-order chi connectivity index (χ1) is 8.66. The van der Waals surface area contributed by atoms with Gasteiger partial charge in [-0.2, -0.15) is 0 Å². The van der Waals surface area contributed by atoms with Gasteiger partial charge in [-0.3, -0.25) is 4.79 Å². The van der Waals surface area contributed by atoms with Gasteiger partial charge in [0.25, 0.3) is 5.91 Å². The van der Waals surface area contributed by atoms with Gasteiger partial charge in [-0.1, -0.05) is 6.42 Å². The molecule has 98 valence electrons. The van der Waals surface area contributed by atoms with Gasteiger partial charge in [-0.05, 0) is 37.6 Å². The molecule has 0 radical (unpaired) electrons. The maximum atomic E-state index is 12.0. The lowest BCUT2D eigenvalue weighted by atomic mass is 10.1. The van der Waals surface area contributed by atoms with Crippen LogP contribution in [0.4, 0.5) is 0 Å². The first-order valence-electron chi connectivity index (χ1n) is 6.20. The Morgan fingerprint density at radius 1 is 1.28 bits per heavy atom. The standard InChI is InChI=1S/C13H18N2O3/c16-11-5-4-9(7-12(11)17)13(18)15-10-3-1-2-6-14-8-10/h4-5,7,10,14,16-17H,1-3,6,8H2,(H,15,18). The van der Waals surface area contributed by atoms with Gasteiger partial charge in [0.1, 0.15) is 0 Å². The van der Waals surface area contributed by atoms with Gasteiger partial charge in [-0.25, -0.2) is 0 Å². The molecule has 0 spiro atoms. The summed E-state index contributed by atoms with van der Waals surface area (Å²) in [6.45, 7) is 1.77. The number of hydrogen-bond acceptors (Lipinski definition) is 4. The van der Waals surface area contributed by atoms with Crippen molar-refractivity contribution in [3.63, 3.8) is 0 Å². The first-order valence-corrected chi connectivity index (χ1v) is 6.20. The molecule has 5 heteroatoms. The zero-order valence-corrected chi connectivity index (χ0v) is 10.1. The van der Waals surface area contributed by atoms with E-state index in [-0.39, 0.29) is 23.4 Å². The average molecular weight is 250 g/mol. The number of phenols is 2. The Morgan fingerprint density at radius 2 is 2.11 bits per heavy atom. The lowest BCUT2D eigenvalue weighted by molar-refractivity contribution is 0.0935. The summed E-state index contributed by atoms with van der Waals surface area (Å²) in [5.74, 6) is -0.719. The van der Waals surface area contributed by atoms with E-state index >= 15 is 0 Å². The van der Waals surface area contributed by atoms with Crippen molar-refractivity contribution in [1.29, 1.82) is 0 Å². The highest BCUT2D eigenvalue weighted by atomic mass is 16.3. The highest BCUT2D eigenvalue weighted by Crippen LogP contribution is 2.24. The summed E-state index contributed by atoms with van der Waals surface area (Å²) in [5.41, 5.74) is 0.356. The van der Waals surface area contributed by atoms with E-state index in [4.69, 9.17) is 0 Å². The van der Waals surface area contributed by atoms with Crippen molar-refractivity contribution in [3.05, 3.63) is 23.8 Å². The Kier molecular flexibility index (Phi) is 4.04. The number of benzene rings is 1. The average Bonchev–Trinajstić information content (AvgIpc) is 2.61. The summed E-state index contributed by atoms with van der Waals surface area (Å²) in [7, 11) is 0. The predicted octanol–water partition coefficient (Wildman–Crippen LogP) is 0.970. The highest BCUT2D eigenvalue weighted by molar-refractivity contribution is 5.95. The number of carbonyl (C=O) groups is 1. The van der Waals surface area contributed by atoms with Crippen LogP contribution in [0.5, 0.6) is 11.5 Å². The second-order valence-electron chi connectivity index (χ2n) is 4.57. The van der Waals surface area contributed by atoms with E-state index in [2.05, 4.69) is 10.6 Å². The molecule has 1 unspecified atom stereocenters. The number of rotatable bonds is 2. The number of phenolic OH excluding ortho intramolecular Hbond substituents is 2. The molecule has 5 nitrogen and oxygen atoms in total. The van der Waals surface area contributed by atoms with E-state index in [1.807, 2.05) is 0 Å². The van der Waals surface area contributed by atoms with Gasteiger partial charge < -0.3 is 20.8 Å². The molecule has 0 aromatic heterocycles. The zero-order chi connectivity index (χ0) is 13.0. The van der Waals surface area contributed by atoms with Crippen LogP contribution in [-0.2, 0) is 0 Å². The minimum Gasteiger partial charge on any atom is -0.504 e. The Balaban J connectivity index is 1.99. The van der Waals surface area contributed by atoms with Gasteiger partial charge in [0.2, 0.25) is 0 Å². The van der Waals surface area contributed by atoms with Crippen molar-refractivity contribution in [2.75, 3.05) is 13.1 Å². The fourth-order valence-corrected chi connectivity index (χ4v) is 2.08. The minimum atomic E-state index is -0.276. The van der Waals surface area contributed by atoms with Gasteiger partial charge in [0.05, 0.1) is 0 Å². The lowest BCUT2D eigenvalue weighted by Crippen LogP contribution is -2.40. The van der Waals surface area contributed by atoms with Gasteiger partial charge in [0, 0.05) is 18.2 Å². The van der Waals surface area contributed by atoms with Crippen molar-refractivity contribution < 1.29 is 15.0 Å². The van der Waals surface area contributed by atoms with Crippen molar-refractivity contribution in [3.8, 4) is 11.5 Å². The normalized spacial score (nSPS) is 20.1. The molecule has 1 aliphatic rings. The number of amides is 1. The number of nitrogens with one attached hydrogen (secondary N) is 2. The van der Waals surface area contributed by atoms with Crippen molar-refractivity contribution in [2.24, 2.45) is 0 Å². The first kappa shape index (κ1) is 12.7. The van der Waals surface area contributed by atoms with Crippen LogP contribution in [0.1, 0.15) is 29.6 Å². The third-order valence-electron chi connectivity index (χ3n) is 3.12. The quantitative estimate of drug-likeness (QED) is 0.590. The summed E-state index contributed by atoms with van der Waals surface area (Å²) in [5, 5.41) is 24.7. The summed E-state index contributed by atoms with van der Waals surface area (Å²) < 4.78 is 0. The number of hydrogen-bond donors (Lipinski definition) is 4. The molecule has 2 rings (SSSR count). The molecule has 1 aliphatic heterocycles. The Hall–Kier alpha value is -1.75. The van der Waals surface area contributed by atoms with E-state index in [9.17, 15) is 15.0 Å². The van der Waals surface area contributed by atoms with Crippen LogP contribution < -0.4 is 10.6 Å². The van der Waals surface area contributed by atoms with Crippen LogP contribution in [-0.4, -0.2) is 35.3 Å². The molecule has 4 N–H and O–H groups in total. The third-order valence-corrected chi connectivity index (χ3v) is 3.12. The second kappa shape index (κ2) is 5.73. The molecular weight excluding hydrogens is 232 g/mol. The maximum absolute atomic E-state index is 12.0. The SMILES string of the molecule is O=C(NC1CCCCNC1)c1ccc(O)c(O)c1. The molecule has 18 heavy (non-hydrogen) atoms. The summed E-state index contributed by atoms with van der Waals surface area (Å²) in [4.78, 5) is 12.0. The van der Waals surface area contributed by atoms with E-state index in [1.165, 1.54) is 18.2 Å². The van der Waals surface area contributed by atoms with Crippen molar-refractivity contribution in [2.45, 2.75) is 25.3 Å². The molecular formula is C13H18N2O3. The fraction of sp³-hybridized carbons (Fsp3) is 0.462. The number of aromatic hydroxyl groups is 2. The van der Waals surface area contributed by atoms with E-state index in [1.54, 1.807) is 0 Å². The molecule has 1 aromatic carbocycles. The number of carbonyl (C=O) groups excluding carboxylic acids is 1. The smallest absolute Gasteiger partial charge is 0.251 e. The largest absolute Gasteiger partial charge is 0.504 e. The van der Waals surface area contributed by atoms with Crippen LogP contribution in [0.25, 0.3) is 0 Å². The summed E-state index contributed by atoms with van der Waals surface area (Å²) in [6, 6.07) is 4.20. The van der Waals surface area contributed by atoms with Gasteiger partial charge in [0.15, 0.2) is 11.5 Å². The Labute approximate surface area is 106 Å². The molecule has 0 aliphatic carbocycles. The van der Waals surface area contributed by atoms with Crippen LogP contribution in [0.2, 0.25) is 0 Å². The lowest BCUT2D eigenvalue weighted by Gasteiger charge is -2.16. The van der Waals surface area contributed by atoms with Crippen molar-refractivity contribution >= 4 is 5.91 Å². The molecule has 1 heterocycles.